The molecule has 1 amide bonds. The van der Waals surface area contributed by atoms with Gasteiger partial charge in [-0.05, 0) is 6.26 Å². The molecular weight excluding hydrogens is 258 g/mol. The maximum Gasteiger partial charge on any atom is 0.335 e. The number of hydrogen-bond donors (Lipinski definition) is 1. The van der Waals surface area contributed by atoms with Gasteiger partial charge in [-0.3, -0.25) is 4.79 Å². The highest BCUT2D eigenvalue weighted by Crippen LogP contribution is 2.43. The Labute approximate surface area is 102 Å². The molecule has 7 heteroatoms. The number of hydrogen-bond acceptors (Lipinski definition) is 4. The molecule has 0 aromatic carbocycles. The second-order valence-corrected chi connectivity index (χ2v) is 5.58. The SMILES string of the molecule is CSC1S[C@@H]2CC(=O)N2C=C1C(=O)O.Cl. The van der Waals surface area contributed by atoms with Crippen molar-refractivity contribution in [2.75, 3.05) is 6.26 Å². The Bertz CT molecular complexity index is 334. The molecule has 2 atom stereocenters. The molecule has 1 unspecified atom stereocenters. The first-order valence-electron chi connectivity index (χ1n) is 4.08. The van der Waals surface area contributed by atoms with Gasteiger partial charge < -0.3 is 10.0 Å². The molecule has 84 valence electrons. The number of nitrogens with zero attached hydrogens (tertiary/aromatic N) is 1. The molecule has 0 aromatic heterocycles. The minimum Gasteiger partial charge on any atom is -0.478 e. The molecule has 0 radical (unpaired) electrons. The number of thioether (sulfide) groups is 2. The standard InChI is InChI=1S/C8H9NO3S2.ClH/c1-13-8-4(7(11)12)3-9-5(10)2-6(9)14-8;/h3,6,8H,2H2,1H3,(H,11,12);1H/t6-,8?;/m1./s1. The summed E-state index contributed by atoms with van der Waals surface area (Å²) in [6.45, 7) is 0. The monoisotopic (exact) mass is 267 g/mol. The molecule has 2 rings (SSSR count). The number of aliphatic carboxylic acids is 1. The number of fused-ring (bicyclic) bond motifs is 1. The summed E-state index contributed by atoms with van der Waals surface area (Å²) in [6, 6.07) is 0. The normalized spacial score (nSPS) is 28.5. The Hall–Kier alpha value is -0.330. The van der Waals surface area contributed by atoms with Crippen molar-refractivity contribution in [3.8, 4) is 0 Å². The summed E-state index contributed by atoms with van der Waals surface area (Å²) in [6.07, 6.45) is 3.90. The fourth-order valence-corrected chi connectivity index (χ4v) is 3.82. The van der Waals surface area contributed by atoms with Crippen molar-refractivity contribution in [1.29, 1.82) is 0 Å². The summed E-state index contributed by atoms with van der Waals surface area (Å²) in [7, 11) is 0. The minimum atomic E-state index is -0.935. The molecule has 0 spiro atoms. The van der Waals surface area contributed by atoms with E-state index in [0.29, 0.717) is 12.0 Å². The second-order valence-electron chi connectivity index (χ2n) is 3.05. The molecule has 15 heavy (non-hydrogen) atoms. The first-order chi connectivity index (χ1) is 6.63. The van der Waals surface area contributed by atoms with Crippen LogP contribution in [0.2, 0.25) is 0 Å². The van der Waals surface area contributed by atoms with Crippen molar-refractivity contribution in [3.63, 3.8) is 0 Å². The van der Waals surface area contributed by atoms with Crippen molar-refractivity contribution < 1.29 is 14.7 Å². The number of carbonyl (C=O) groups is 2. The summed E-state index contributed by atoms with van der Waals surface area (Å²) in [5.41, 5.74) is 0.312. The van der Waals surface area contributed by atoms with Crippen LogP contribution in [0.15, 0.2) is 11.8 Å². The van der Waals surface area contributed by atoms with Crippen LogP contribution in [0.5, 0.6) is 0 Å². The number of β-lactam (4-membered cyclic amide) rings is 1. The topological polar surface area (TPSA) is 57.6 Å². The van der Waals surface area contributed by atoms with Crippen LogP contribution in [0.1, 0.15) is 6.42 Å². The summed E-state index contributed by atoms with van der Waals surface area (Å²) < 4.78 is -0.0538. The van der Waals surface area contributed by atoms with Gasteiger partial charge in [-0.15, -0.1) is 35.9 Å². The molecule has 2 aliphatic rings. The highest BCUT2D eigenvalue weighted by Gasteiger charge is 2.42. The number of rotatable bonds is 2. The van der Waals surface area contributed by atoms with Gasteiger partial charge in [0.05, 0.1) is 21.9 Å². The van der Waals surface area contributed by atoms with E-state index in [1.54, 1.807) is 11.8 Å². The molecular formula is C8H10ClNO3S2. The first-order valence-corrected chi connectivity index (χ1v) is 6.31. The molecule has 1 N–H and O–H groups in total. The molecule has 0 bridgehead atoms. The predicted molar refractivity (Wildman–Crippen MR) is 63.1 cm³/mol. The Kier molecular flexibility index (Phi) is 3.97. The molecule has 1 fully saturated rings. The lowest BCUT2D eigenvalue weighted by atomic mass is 10.2. The van der Waals surface area contributed by atoms with Crippen molar-refractivity contribution in [1.82, 2.24) is 4.90 Å². The zero-order chi connectivity index (χ0) is 10.3. The summed E-state index contributed by atoms with van der Waals surface area (Å²) in [5.74, 6) is -0.921. The number of carboxylic acids is 1. The lowest BCUT2D eigenvalue weighted by molar-refractivity contribution is -0.137. The average molecular weight is 268 g/mol. The van der Waals surface area contributed by atoms with Gasteiger partial charge in [-0.25, -0.2) is 4.79 Å². The van der Waals surface area contributed by atoms with Crippen LogP contribution < -0.4 is 0 Å². The Balaban J connectivity index is 0.00000112. The fourth-order valence-electron chi connectivity index (χ4n) is 1.44. The molecule has 2 aliphatic heterocycles. The number of amides is 1. The van der Waals surface area contributed by atoms with Gasteiger partial charge in [-0.1, -0.05) is 0 Å². The largest absolute Gasteiger partial charge is 0.478 e. The number of carbonyl (C=O) groups excluding carboxylic acids is 1. The van der Waals surface area contributed by atoms with E-state index >= 15 is 0 Å². The quantitative estimate of drug-likeness (QED) is 0.766. The summed E-state index contributed by atoms with van der Waals surface area (Å²) in [5, 5.41) is 9.08. The Morgan fingerprint density at radius 3 is 2.87 bits per heavy atom. The third-order valence-corrected chi connectivity index (χ3v) is 5.02. The van der Waals surface area contributed by atoms with Crippen molar-refractivity contribution in [2.45, 2.75) is 16.4 Å². The van der Waals surface area contributed by atoms with Gasteiger partial charge in [0.25, 0.3) is 0 Å². The molecule has 0 aliphatic carbocycles. The third-order valence-electron chi connectivity index (χ3n) is 2.22. The molecule has 1 saturated heterocycles. The Morgan fingerprint density at radius 1 is 1.73 bits per heavy atom. The van der Waals surface area contributed by atoms with Crippen LogP contribution in [0.25, 0.3) is 0 Å². The maximum atomic E-state index is 11.1. The summed E-state index contributed by atoms with van der Waals surface area (Å²) in [4.78, 5) is 23.5. The zero-order valence-corrected chi connectivity index (χ0v) is 10.3. The highest BCUT2D eigenvalue weighted by atomic mass is 35.5. The molecule has 4 nitrogen and oxygen atoms in total. The van der Waals surface area contributed by atoms with Crippen molar-refractivity contribution in [2.24, 2.45) is 0 Å². The number of halogens is 1. The van der Waals surface area contributed by atoms with Gasteiger partial charge in [0.1, 0.15) is 0 Å². The minimum absolute atomic E-state index is 0. The molecule has 2 heterocycles. The van der Waals surface area contributed by atoms with Gasteiger partial charge in [-0.2, -0.15) is 0 Å². The maximum absolute atomic E-state index is 11.1. The smallest absolute Gasteiger partial charge is 0.335 e. The van der Waals surface area contributed by atoms with Crippen molar-refractivity contribution in [3.05, 3.63) is 11.8 Å². The van der Waals surface area contributed by atoms with E-state index in [-0.39, 0.29) is 28.3 Å². The van der Waals surface area contributed by atoms with E-state index in [0.717, 1.165) is 0 Å². The molecule has 0 saturated carbocycles. The van der Waals surface area contributed by atoms with Crippen LogP contribution in [0.4, 0.5) is 0 Å². The van der Waals surface area contributed by atoms with Gasteiger partial charge in [0.2, 0.25) is 5.91 Å². The van der Waals surface area contributed by atoms with Crippen LogP contribution in [-0.4, -0.2) is 38.1 Å². The van der Waals surface area contributed by atoms with E-state index in [2.05, 4.69) is 0 Å². The lowest BCUT2D eigenvalue weighted by Gasteiger charge is -2.42. The second kappa shape index (κ2) is 4.67. The van der Waals surface area contributed by atoms with Crippen LogP contribution in [0.3, 0.4) is 0 Å². The van der Waals surface area contributed by atoms with Crippen molar-refractivity contribution >= 4 is 47.8 Å². The van der Waals surface area contributed by atoms with E-state index in [1.807, 2.05) is 6.26 Å². The van der Waals surface area contributed by atoms with Crippen LogP contribution in [-0.2, 0) is 9.59 Å². The lowest BCUT2D eigenvalue weighted by Crippen LogP contribution is -2.50. The number of carboxylic acid groups (broad SMARTS) is 1. The van der Waals surface area contributed by atoms with E-state index in [1.165, 1.54) is 22.9 Å². The highest BCUT2D eigenvalue weighted by molar-refractivity contribution is 8.17. The molecule has 0 aromatic rings. The van der Waals surface area contributed by atoms with Gasteiger partial charge in [0.15, 0.2) is 0 Å². The van der Waals surface area contributed by atoms with E-state index in [4.69, 9.17) is 5.11 Å². The average Bonchev–Trinajstić information content (AvgIpc) is 2.14. The third kappa shape index (κ3) is 2.11. The first kappa shape index (κ1) is 12.7. The van der Waals surface area contributed by atoms with Gasteiger partial charge in [0, 0.05) is 6.20 Å². The van der Waals surface area contributed by atoms with Crippen LogP contribution in [0, 0.1) is 0 Å². The Morgan fingerprint density at radius 2 is 2.40 bits per heavy atom. The zero-order valence-electron chi connectivity index (χ0n) is 7.87. The van der Waals surface area contributed by atoms with E-state index < -0.39 is 5.97 Å². The fraction of sp³-hybridized carbons (Fsp3) is 0.500. The van der Waals surface area contributed by atoms with E-state index in [9.17, 15) is 9.59 Å². The van der Waals surface area contributed by atoms with Crippen LogP contribution >= 0.6 is 35.9 Å². The van der Waals surface area contributed by atoms with Gasteiger partial charge >= 0.3 is 5.97 Å². The summed E-state index contributed by atoms with van der Waals surface area (Å²) >= 11 is 3.04. The predicted octanol–water partition coefficient (Wildman–Crippen LogP) is 1.37.